The van der Waals surface area contributed by atoms with Gasteiger partial charge in [0.15, 0.2) is 0 Å². The fourth-order valence-corrected chi connectivity index (χ4v) is 3.75. The van der Waals surface area contributed by atoms with Crippen LogP contribution in [-0.4, -0.2) is 12.1 Å². The lowest BCUT2D eigenvalue weighted by molar-refractivity contribution is -0.144. The molecule has 2 nitrogen and oxygen atoms in total. The Labute approximate surface area is 116 Å². The van der Waals surface area contributed by atoms with Crippen molar-refractivity contribution < 1.29 is 9.53 Å². The summed E-state index contributed by atoms with van der Waals surface area (Å²) in [6.07, 6.45) is 5.57. The second-order valence-corrected chi connectivity index (χ2v) is 6.55. The highest BCUT2D eigenvalue weighted by atomic mass is 16.5. The van der Waals surface area contributed by atoms with E-state index in [1.807, 2.05) is 0 Å². The molecule has 0 heterocycles. The Morgan fingerprint density at radius 3 is 2.53 bits per heavy atom. The van der Waals surface area contributed by atoms with Crippen LogP contribution in [0.15, 0.2) is 22.8 Å². The molecule has 0 N–H and O–H groups in total. The largest absolute Gasteiger partial charge is 0.458 e. The van der Waals surface area contributed by atoms with E-state index in [2.05, 4.69) is 33.8 Å². The SMILES string of the molecule is CC(=O)O[C@@H]1C=C(C)[C@@H]2CC(=C(C)C)C[C@@H]2[C@H](C)C1. The Hall–Kier alpha value is -1.05. The summed E-state index contributed by atoms with van der Waals surface area (Å²) in [4.78, 5) is 11.2. The van der Waals surface area contributed by atoms with Gasteiger partial charge in [0.25, 0.3) is 0 Å². The smallest absolute Gasteiger partial charge is 0.303 e. The maximum atomic E-state index is 11.2. The molecule has 0 radical (unpaired) electrons. The number of hydrogen-bond acceptors (Lipinski definition) is 2. The van der Waals surface area contributed by atoms with E-state index in [4.69, 9.17) is 4.74 Å². The predicted octanol–water partition coefficient (Wildman–Crippen LogP) is 4.27. The van der Waals surface area contributed by atoms with Gasteiger partial charge in [-0.15, -0.1) is 0 Å². The zero-order valence-electron chi connectivity index (χ0n) is 12.8. The van der Waals surface area contributed by atoms with Crippen molar-refractivity contribution in [1.29, 1.82) is 0 Å². The number of rotatable bonds is 1. The quantitative estimate of drug-likeness (QED) is 0.521. The van der Waals surface area contributed by atoms with E-state index < -0.39 is 0 Å². The normalized spacial score (nSPS) is 34.4. The lowest BCUT2D eigenvalue weighted by Crippen LogP contribution is -2.20. The molecular formula is C17H26O2. The van der Waals surface area contributed by atoms with E-state index in [1.165, 1.54) is 30.9 Å². The number of carbonyl (C=O) groups is 1. The highest BCUT2D eigenvalue weighted by Gasteiger charge is 2.38. The van der Waals surface area contributed by atoms with Crippen LogP contribution in [-0.2, 0) is 9.53 Å². The first-order valence-electron chi connectivity index (χ1n) is 7.39. The predicted molar refractivity (Wildman–Crippen MR) is 77.7 cm³/mol. The molecule has 0 unspecified atom stereocenters. The molecule has 1 saturated carbocycles. The van der Waals surface area contributed by atoms with Crippen LogP contribution >= 0.6 is 0 Å². The van der Waals surface area contributed by atoms with Crippen LogP contribution in [0.4, 0.5) is 0 Å². The number of hydrogen-bond donors (Lipinski definition) is 0. The molecule has 0 aromatic carbocycles. The summed E-state index contributed by atoms with van der Waals surface area (Å²) in [5, 5.41) is 0. The maximum Gasteiger partial charge on any atom is 0.303 e. The summed E-state index contributed by atoms with van der Waals surface area (Å²) < 4.78 is 5.42. The van der Waals surface area contributed by atoms with Crippen LogP contribution in [0.25, 0.3) is 0 Å². The molecule has 19 heavy (non-hydrogen) atoms. The Morgan fingerprint density at radius 1 is 1.26 bits per heavy atom. The molecule has 0 bridgehead atoms. The number of allylic oxidation sites excluding steroid dienone is 3. The van der Waals surface area contributed by atoms with Gasteiger partial charge in [-0.2, -0.15) is 0 Å². The van der Waals surface area contributed by atoms with Gasteiger partial charge in [0.2, 0.25) is 0 Å². The number of fused-ring (bicyclic) bond motifs is 1. The summed E-state index contributed by atoms with van der Waals surface area (Å²) in [5.41, 5.74) is 4.54. The van der Waals surface area contributed by atoms with Crippen molar-refractivity contribution in [3.05, 3.63) is 22.8 Å². The topological polar surface area (TPSA) is 26.3 Å². The Morgan fingerprint density at radius 2 is 1.95 bits per heavy atom. The summed E-state index contributed by atoms with van der Waals surface area (Å²) >= 11 is 0. The third-order valence-electron chi connectivity index (χ3n) is 4.86. The van der Waals surface area contributed by atoms with Crippen molar-refractivity contribution in [1.82, 2.24) is 0 Å². The second-order valence-electron chi connectivity index (χ2n) is 6.55. The molecule has 106 valence electrons. The summed E-state index contributed by atoms with van der Waals surface area (Å²) in [6, 6.07) is 0. The monoisotopic (exact) mass is 262 g/mol. The molecule has 2 aliphatic carbocycles. The van der Waals surface area contributed by atoms with Crippen LogP contribution < -0.4 is 0 Å². The van der Waals surface area contributed by atoms with Crippen molar-refractivity contribution in [2.75, 3.05) is 0 Å². The van der Waals surface area contributed by atoms with Gasteiger partial charge in [-0.3, -0.25) is 4.79 Å². The summed E-state index contributed by atoms with van der Waals surface area (Å²) in [7, 11) is 0. The molecule has 2 rings (SSSR count). The van der Waals surface area contributed by atoms with Crippen molar-refractivity contribution >= 4 is 5.97 Å². The summed E-state index contributed by atoms with van der Waals surface area (Å²) in [5.74, 6) is 1.82. The third-order valence-corrected chi connectivity index (χ3v) is 4.86. The van der Waals surface area contributed by atoms with Gasteiger partial charge in [0.05, 0.1) is 0 Å². The molecule has 2 aliphatic rings. The first-order valence-corrected chi connectivity index (χ1v) is 7.39. The fraction of sp³-hybridized carbons (Fsp3) is 0.706. The molecule has 2 heteroatoms. The van der Waals surface area contributed by atoms with Gasteiger partial charge in [-0.25, -0.2) is 0 Å². The van der Waals surface area contributed by atoms with E-state index in [0.717, 1.165) is 12.3 Å². The highest BCUT2D eigenvalue weighted by Crippen LogP contribution is 2.48. The van der Waals surface area contributed by atoms with Crippen LogP contribution in [0.3, 0.4) is 0 Å². The zero-order chi connectivity index (χ0) is 14.2. The first kappa shape index (κ1) is 14.4. The van der Waals surface area contributed by atoms with Gasteiger partial charge in [-0.1, -0.05) is 23.6 Å². The maximum absolute atomic E-state index is 11.2. The van der Waals surface area contributed by atoms with Gasteiger partial charge in [0.1, 0.15) is 6.10 Å². The molecule has 0 amide bonds. The summed E-state index contributed by atoms with van der Waals surface area (Å²) in [6.45, 7) is 10.5. The molecule has 0 saturated heterocycles. The van der Waals surface area contributed by atoms with Crippen molar-refractivity contribution in [3.63, 3.8) is 0 Å². The van der Waals surface area contributed by atoms with E-state index in [-0.39, 0.29) is 12.1 Å². The molecular weight excluding hydrogens is 236 g/mol. The lowest BCUT2D eigenvalue weighted by Gasteiger charge is -2.24. The Kier molecular flexibility index (Phi) is 4.17. The average Bonchev–Trinajstić information content (AvgIpc) is 2.68. The number of esters is 1. The van der Waals surface area contributed by atoms with Crippen LogP contribution in [0.5, 0.6) is 0 Å². The second kappa shape index (κ2) is 5.52. The fourth-order valence-electron chi connectivity index (χ4n) is 3.75. The lowest BCUT2D eigenvalue weighted by atomic mass is 9.82. The number of ether oxygens (including phenoxy) is 1. The van der Waals surface area contributed by atoms with Crippen LogP contribution in [0, 0.1) is 17.8 Å². The Bertz CT molecular complexity index is 427. The van der Waals surface area contributed by atoms with Gasteiger partial charge in [-0.05, 0) is 63.9 Å². The zero-order valence-corrected chi connectivity index (χ0v) is 12.8. The third kappa shape index (κ3) is 3.10. The standard InChI is InChI=1S/C17H26O2/c1-10(2)14-8-16-11(3)6-15(19-13(5)18)7-12(4)17(16)9-14/h6,12,15-17H,7-9H2,1-5H3/t12-,15-,16+,17-/m1/s1. The minimum Gasteiger partial charge on any atom is -0.458 e. The molecule has 0 spiro atoms. The van der Waals surface area contributed by atoms with Gasteiger partial charge >= 0.3 is 5.97 Å². The molecule has 0 aliphatic heterocycles. The van der Waals surface area contributed by atoms with E-state index >= 15 is 0 Å². The van der Waals surface area contributed by atoms with Crippen molar-refractivity contribution in [2.45, 2.75) is 60.0 Å². The highest BCUT2D eigenvalue weighted by molar-refractivity contribution is 5.66. The van der Waals surface area contributed by atoms with Crippen LogP contribution in [0.2, 0.25) is 0 Å². The molecule has 4 atom stereocenters. The van der Waals surface area contributed by atoms with Gasteiger partial charge in [0, 0.05) is 6.92 Å². The first-order chi connectivity index (χ1) is 8.88. The van der Waals surface area contributed by atoms with Crippen LogP contribution in [0.1, 0.15) is 53.9 Å². The average molecular weight is 262 g/mol. The number of carbonyl (C=O) groups excluding carboxylic acids is 1. The van der Waals surface area contributed by atoms with Gasteiger partial charge < -0.3 is 4.74 Å². The van der Waals surface area contributed by atoms with E-state index in [0.29, 0.717) is 11.8 Å². The molecule has 0 aromatic heterocycles. The van der Waals surface area contributed by atoms with E-state index in [9.17, 15) is 4.79 Å². The van der Waals surface area contributed by atoms with Crippen molar-refractivity contribution in [3.8, 4) is 0 Å². The molecule has 1 fully saturated rings. The minimum absolute atomic E-state index is 0.0201. The molecule has 0 aromatic rings. The minimum atomic E-state index is -0.168. The van der Waals surface area contributed by atoms with Crippen molar-refractivity contribution in [2.24, 2.45) is 17.8 Å². The van der Waals surface area contributed by atoms with E-state index in [1.54, 1.807) is 5.57 Å². The Balaban J connectivity index is 2.22.